The maximum Gasteiger partial charge on any atom is 0.216 e. The van der Waals surface area contributed by atoms with Gasteiger partial charge in [0.15, 0.2) is 0 Å². The van der Waals surface area contributed by atoms with Gasteiger partial charge in [-0.25, -0.2) is 21.9 Å². The Hall–Kier alpha value is -1.05. The molecule has 7 heteroatoms. The number of benzene rings is 1. The molecule has 130 valence electrons. The number of sulfonamides is 1. The van der Waals surface area contributed by atoms with Gasteiger partial charge in [-0.1, -0.05) is 25.3 Å². The van der Waals surface area contributed by atoms with Crippen LogP contribution in [-0.4, -0.2) is 26.7 Å². The summed E-state index contributed by atoms with van der Waals surface area (Å²) in [5, 5.41) is 9.24. The zero-order valence-corrected chi connectivity index (χ0v) is 13.8. The van der Waals surface area contributed by atoms with E-state index in [1.165, 1.54) is 6.07 Å². The molecule has 2 N–H and O–H groups in total. The molecule has 1 aliphatic rings. The quantitative estimate of drug-likeness (QED) is 0.797. The Kier molecular flexibility index (Phi) is 6.11. The van der Waals surface area contributed by atoms with Gasteiger partial charge in [-0.3, -0.25) is 0 Å². The van der Waals surface area contributed by atoms with Crippen LogP contribution in [0, 0.1) is 17.0 Å². The van der Waals surface area contributed by atoms with Gasteiger partial charge in [-0.2, -0.15) is 0 Å². The fraction of sp³-hybridized carbons (Fsp3) is 0.625. The molecule has 1 aliphatic carbocycles. The first-order valence-electron chi connectivity index (χ1n) is 7.89. The molecule has 0 aliphatic heterocycles. The van der Waals surface area contributed by atoms with E-state index in [1.54, 1.807) is 0 Å². The van der Waals surface area contributed by atoms with E-state index >= 15 is 0 Å². The lowest BCUT2D eigenvalue weighted by atomic mass is 9.72. The summed E-state index contributed by atoms with van der Waals surface area (Å²) in [5.41, 5.74) is -0.701. The van der Waals surface area contributed by atoms with Crippen LogP contribution in [0.5, 0.6) is 0 Å². The Labute approximate surface area is 136 Å². The normalized spacial score (nSPS) is 18.0. The molecule has 2 rings (SSSR count). The minimum Gasteiger partial charge on any atom is -0.396 e. The first kappa shape index (κ1) is 18.3. The third-order valence-corrected chi connectivity index (χ3v) is 5.87. The van der Waals surface area contributed by atoms with Crippen LogP contribution < -0.4 is 4.72 Å². The lowest BCUT2D eigenvalue weighted by Crippen LogP contribution is -2.40. The van der Waals surface area contributed by atoms with Crippen molar-refractivity contribution in [2.75, 3.05) is 13.2 Å². The van der Waals surface area contributed by atoms with Gasteiger partial charge in [0.1, 0.15) is 11.6 Å². The van der Waals surface area contributed by atoms with Crippen LogP contribution in [-0.2, 0) is 15.8 Å². The number of halogens is 2. The van der Waals surface area contributed by atoms with Gasteiger partial charge >= 0.3 is 0 Å². The molecule has 0 bridgehead atoms. The fourth-order valence-electron chi connectivity index (χ4n) is 3.23. The zero-order chi connectivity index (χ0) is 16.9. The summed E-state index contributed by atoms with van der Waals surface area (Å²) in [6, 6.07) is 3.29. The zero-order valence-electron chi connectivity index (χ0n) is 13.0. The van der Waals surface area contributed by atoms with Crippen LogP contribution in [0.2, 0.25) is 0 Å². The summed E-state index contributed by atoms with van der Waals surface area (Å²) in [7, 11) is -3.85. The van der Waals surface area contributed by atoms with E-state index in [1.807, 2.05) is 0 Å². The highest BCUT2D eigenvalue weighted by Crippen LogP contribution is 2.38. The lowest BCUT2D eigenvalue weighted by molar-refractivity contribution is 0.132. The third kappa shape index (κ3) is 4.96. The van der Waals surface area contributed by atoms with Crippen LogP contribution in [0.3, 0.4) is 0 Å². The van der Waals surface area contributed by atoms with Crippen molar-refractivity contribution in [3.05, 3.63) is 35.4 Å². The molecule has 23 heavy (non-hydrogen) atoms. The summed E-state index contributed by atoms with van der Waals surface area (Å²) >= 11 is 0. The second-order valence-electron chi connectivity index (χ2n) is 6.31. The highest BCUT2D eigenvalue weighted by atomic mass is 32.2. The summed E-state index contributed by atoms with van der Waals surface area (Å²) in [6.07, 6.45) is 5.35. The molecule has 1 aromatic carbocycles. The van der Waals surface area contributed by atoms with E-state index in [2.05, 4.69) is 4.72 Å². The standard InChI is InChI=1S/C16H23F2NO3S/c17-14-5-4-6-15(18)13(14)11-23(21,22)19-12-16(9-10-20)7-2-1-3-8-16/h4-6,19-20H,1-3,7-12H2. The smallest absolute Gasteiger partial charge is 0.216 e. The Balaban J connectivity index is 2.05. The number of rotatable bonds is 7. The summed E-state index contributed by atoms with van der Waals surface area (Å²) in [5.74, 6) is -2.45. The van der Waals surface area contributed by atoms with Gasteiger partial charge in [0.05, 0.1) is 5.75 Å². The predicted octanol–water partition coefficient (Wildman–Crippen LogP) is 2.72. The van der Waals surface area contributed by atoms with Crippen LogP contribution in [0.4, 0.5) is 8.78 Å². The highest BCUT2D eigenvalue weighted by Gasteiger charge is 2.33. The first-order valence-corrected chi connectivity index (χ1v) is 9.54. The largest absolute Gasteiger partial charge is 0.396 e. The van der Waals surface area contributed by atoms with Crippen molar-refractivity contribution in [1.29, 1.82) is 0 Å². The minimum atomic E-state index is -3.85. The van der Waals surface area contributed by atoms with Crippen LogP contribution in [0.1, 0.15) is 44.1 Å². The second-order valence-corrected chi connectivity index (χ2v) is 8.12. The lowest BCUT2D eigenvalue weighted by Gasteiger charge is -2.37. The van der Waals surface area contributed by atoms with Gasteiger partial charge in [-0.05, 0) is 36.8 Å². The van der Waals surface area contributed by atoms with Gasteiger partial charge in [0, 0.05) is 18.7 Å². The molecule has 0 spiro atoms. The Bertz CT molecular complexity index is 602. The fourth-order valence-corrected chi connectivity index (χ4v) is 4.51. The number of nitrogens with one attached hydrogen (secondary N) is 1. The number of aliphatic hydroxyl groups excluding tert-OH is 1. The second kappa shape index (κ2) is 7.68. The molecule has 1 aromatic rings. The molecule has 4 nitrogen and oxygen atoms in total. The molecule has 0 amide bonds. The number of aliphatic hydroxyl groups is 1. The van der Waals surface area contributed by atoms with Crippen molar-refractivity contribution >= 4 is 10.0 Å². The molecular weight excluding hydrogens is 324 g/mol. The minimum absolute atomic E-state index is 0.00364. The van der Waals surface area contributed by atoms with Gasteiger partial charge in [0.25, 0.3) is 0 Å². The van der Waals surface area contributed by atoms with E-state index in [0.717, 1.165) is 44.2 Å². The van der Waals surface area contributed by atoms with Crippen molar-refractivity contribution in [2.45, 2.75) is 44.3 Å². The van der Waals surface area contributed by atoms with Crippen LogP contribution in [0.25, 0.3) is 0 Å². The van der Waals surface area contributed by atoms with Crippen molar-refractivity contribution < 1.29 is 22.3 Å². The Morgan fingerprint density at radius 1 is 1.13 bits per heavy atom. The van der Waals surface area contributed by atoms with Crippen molar-refractivity contribution in [3.63, 3.8) is 0 Å². The molecule has 0 aromatic heterocycles. The topological polar surface area (TPSA) is 66.4 Å². The molecule has 1 fully saturated rings. The highest BCUT2D eigenvalue weighted by molar-refractivity contribution is 7.88. The summed E-state index contributed by atoms with van der Waals surface area (Å²) < 4.78 is 54.1. The predicted molar refractivity (Wildman–Crippen MR) is 84.2 cm³/mol. The van der Waals surface area contributed by atoms with E-state index in [4.69, 9.17) is 0 Å². The molecule has 1 saturated carbocycles. The third-order valence-electron chi connectivity index (χ3n) is 4.62. The van der Waals surface area contributed by atoms with Crippen molar-refractivity contribution in [3.8, 4) is 0 Å². The monoisotopic (exact) mass is 347 g/mol. The van der Waals surface area contributed by atoms with Crippen molar-refractivity contribution in [1.82, 2.24) is 4.72 Å². The molecule has 0 unspecified atom stereocenters. The molecule has 0 radical (unpaired) electrons. The SMILES string of the molecule is O=S(=O)(Cc1c(F)cccc1F)NCC1(CCO)CCCCC1. The molecular formula is C16H23F2NO3S. The summed E-state index contributed by atoms with van der Waals surface area (Å²) in [6.45, 7) is 0.204. The van der Waals surface area contributed by atoms with E-state index < -0.39 is 33.0 Å². The number of hydrogen-bond donors (Lipinski definition) is 2. The van der Waals surface area contributed by atoms with Gasteiger partial charge in [0.2, 0.25) is 10.0 Å². The Morgan fingerprint density at radius 3 is 2.30 bits per heavy atom. The first-order chi connectivity index (χ1) is 10.9. The molecule has 0 saturated heterocycles. The van der Waals surface area contributed by atoms with E-state index in [-0.39, 0.29) is 18.6 Å². The van der Waals surface area contributed by atoms with E-state index in [0.29, 0.717) is 6.42 Å². The average molecular weight is 347 g/mol. The number of hydrogen-bond acceptors (Lipinski definition) is 3. The molecule has 0 atom stereocenters. The average Bonchev–Trinajstić information content (AvgIpc) is 2.51. The Morgan fingerprint density at radius 2 is 1.74 bits per heavy atom. The maximum absolute atomic E-state index is 13.6. The van der Waals surface area contributed by atoms with E-state index in [9.17, 15) is 22.3 Å². The van der Waals surface area contributed by atoms with Gasteiger partial charge < -0.3 is 5.11 Å². The van der Waals surface area contributed by atoms with Crippen molar-refractivity contribution in [2.24, 2.45) is 5.41 Å². The van der Waals surface area contributed by atoms with Crippen LogP contribution >= 0.6 is 0 Å². The summed E-state index contributed by atoms with van der Waals surface area (Å²) in [4.78, 5) is 0. The molecule has 0 heterocycles. The van der Waals surface area contributed by atoms with Crippen LogP contribution in [0.15, 0.2) is 18.2 Å². The maximum atomic E-state index is 13.6. The van der Waals surface area contributed by atoms with Gasteiger partial charge in [-0.15, -0.1) is 0 Å².